The molecule has 0 saturated carbocycles. The van der Waals surface area contributed by atoms with Gasteiger partial charge in [0.15, 0.2) is 0 Å². The molecule has 1 rings (SSSR count). The third kappa shape index (κ3) is 3.28. The van der Waals surface area contributed by atoms with Crippen molar-refractivity contribution < 1.29 is 12.3 Å². The highest BCUT2D eigenvalue weighted by atomic mass is 28.5. The van der Waals surface area contributed by atoms with Crippen molar-refractivity contribution in [2.24, 2.45) is 0 Å². The topological polar surface area (TPSA) is 27.7 Å². The first-order chi connectivity index (χ1) is 6.18. The van der Waals surface area contributed by atoms with E-state index in [1.165, 1.54) is 0 Å². The number of rotatable bonds is 2. The summed E-state index contributed by atoms with van der Waals surface area (Å²) in [5, 5.41) is 0. The summed E-state index contributed by atoms with van der Waals surface area (Å²) in [6, 6.07) is 1.09. The monoisotopic (exact) mass is 250 g/mol. The van der Waals surface area contributed by atoms with Crippen LogP contribution in [0.2, 0.25) is 38.8 Å². The first kappa shape index (κ1) is 12.6. The highest BCUT2D eigenvalue weighted by molar-refractivity contribution is 6.92. The van der Waals surface area contributed by atoms with E-state index in [2.05, 4.69) is 39.7 Å². The van der Waals surface area contributed by atoms with Gasteiger partial charge in [0.25, 0.3) is 0 Å². The Morgan fingerprint density at radius 1 is 0.786 bits per heavy atom. The lowest BCUT2D eigenvalue weighted by Gasteiger charge is -2.47. The standard InChI is InChI=1S/C8H22O3Si3/c1-7-8-14(6)10-12(2,3)9-13(4,5)11-14/h7-8H2,1-6H3. The van der Waals surface area contributed by atoms with Crippen molar-refractivity contribution >= 4 is 25.7 Å². The largest absolute Gasteiger partial charge is 0.416 e. The molecule has 0 aromatic carbocycles. The van der Waals surface area contributed by atoms with Crippen molar-refractivity contribution in [2.75, 3.05) is 0 Å². The maximum Gasteiger partial charge on any atom is 0.317 e. The number of hydrogen-bond donors (Lipinski definition) is 0. The molecule has 1 aliphatic rings. The zero-order valence-electron chi connectivity index (χ0n) is 10.1. The zero-order chi connectivity index (χ0) is 11.0. The first-order valence-electron chi connectivity index (χ1n) is 5.29. The van der Waals surface area contributed by atoms with Crippen molar-refractivity contribution in [1.82, 2.24) is 0 Å². The minimum absolute atomic E-state index is 1.09. The van der Waals surface area contributed by atoms with E-state index >= 15 is 0 Å². The van der Waals surface area contributed by atoms with Crippen LogP contribution in [0.4, 0.5) is 0 Å². The molecule has 0 aromatic rings. The summed E-state index contributed by atoms with van der Waals surface area (Å²) in [5.41, 5.74) is 0. The van der Waals surface area contributed by atoms with Gasteiger partial charge in [0.2, 0.25) is 0 Å². The Kier molecular flexibility index (Phi) is 3.45. The molecular formula is C8H22O3Si3. The third-order valence-corrected chi connectivity index (χ3v) is 14.8. The minimum Gasteiger partial charge on any atom is -0.416 e. The van der Waals surface area contributed by atoms with Crippen LogP contribution in [-0.4, -0.2) is 25.7 Å². The van der Waals surface area contributed by atoms with Crippen molar-refractivity contribution in [3.63, 3.8) is 0 Å². The normalized spacial score (nSPS) is 28.7. The molecule has 1 heterocycles. The second-order valence-electron chi connectivity index (χ2n) is 4.99. The Labute approximate surface area is 90.5 Å². The molecule has 1 fully saturated rings. The molecule has 0 aromatic heterocycles. The average Bonchev–Trinajstić information content (AvgIpc) is 1.75. The van der Waals surface area contributed by atoms with Crippen molar-refractivity contribution in [3.05, 3.63) is 0 Å². The van der Waals surface area contributed by atoms with Crippen molar-refractivity contribution in [2.45, 2.75) is 52.1 Å². The SMILES string of the molecule is CCC[Si]1(C)O[Si](C)(C)O[Si](C)(C)O1. The maximum atomic E-state index is 6.11. The first-order valence-corrected chi connectivity index (χ1v) is 13.4. The zero-order valence-corrected chi connectivity index (χ0v) is 13.1. The Morgan fingerprint density at radius 2 is 1.21 bits per heavy atom. The second-order valence-corrected chi connectivity index (χ2v) is 15.8. The van der Waals surface area contributed by atoms with E-state index in [4.69, 9.17) is 12.3 Å². The lowest BCUT2D eigenvalue weighted by atomic mass is 10.6. The molecule has 6 heteroatoms. The Balaban J connectivity index is 2.80. The van der Waals surface area contributed by atoms with Gasteiger partial charge < -0.3 is 12.3 Å². The van der Waals surface area contributed by atoms with Gasteiger partial charge in [-0.25, -0.2) is 0 Å². The molecule has 0 aliphatic carbocycles. The molecule has 1 aliphatic heterocycles. The molecule has 0 spiro atoms. The van der Waals surface area contributed by atoms with Gasteiger partial charge in [-0.05, 0) is 38.8 Å². The fraction of sp³-hybridized carbons (Fsp3) is 1.00. The third-order valence-electron chi connectivity index (χ3n) is 2.12. The van der Waals surface area contributed by atoms with Gasteiger partial charge >= 0.3 is 25.7 Å². The molecule has 0 atom stereocenters. The summed E-state index contributed by atoms with van der Waals surface area (Å²) in [5.74, 6) is 0. The lowest BCUT2D eigenvalue weighted by molar-refractivity contribution is 0.232. The van der Waals surface area contributed by atoms with Gasteiger partial charge in [0.05, 0.1) is 0 Å². The molecule has 3 nitrogen and oxygen atoms in total. The summed E-state index contributed by atoms with van der Waals surface area (Å²) < 4.78 is 18.2. The van der Waals surface area contributed by atoms with E-state index in [9.17, 15) is 0 Å². The summed E-state index contributed by atoms with van der Waals surface area (Å²) in [6.45, 7) is 12.9. The highest BCUT2D eigenvalue weighted by Crippen LogP contribution is 2.32. The van der Waals surface area contributed by atoms with Crippen LogP contribution in [0.5, 0.6) is 0 Å². The average molecular weight is 251 g/mol. The van der Waals surface area contributed by atoms with Gasteiger partial charge in [-0.1, -0.05) is 13.3 Å². The van der Waals surface area contributed by atoms with Crippen LogP contribution in [-0.2, 0) is 12.3 Å². The Morgan fingerprint density at radius 3 is 1.57 bits per heavy atom. The fourth-order valence-corrected chi connectivity index (χ4v) is 18.7. The second kappa shape index (κ2) is 3.84. The predicted octanol–water partition coefficient (Wildman–Crippen LogP) is 2.94. The molecule has 0 N–H and O–H groups in total. The highest BCUT2D eigenvalue weighted by Gasteiger charge is 2.51. The Hall–Kier alpha value is 0.531. The quantitative estimate of drug-likeness (QED) is 0.705. The van der Waals surface area contributed by atoms with Crippen LogP contribution in [0.25, 0.3) is 0 Å². The van der Waals surface area contributed by atoms with E-state index in [0.717, 1.165) is 12.5 Å². The smallest absolute Gasteiger partial charge is 0.317 e. The van der Waals surface area contributed by atoms with Crippen LogP contribution in [0.1, 0.15) is 13.3 Å². The van der Waals surface area contributed by atoms with E-state index in [0.29, 0.717) is 0 Å². The molecule has 0 bridgehead atoms. The molecule has 0 unspecified atom stereocenters. The van der Waals surface area contributed by atoms with Crippen LogP contribution in [0.3, 0.4) is 0 Å². The minimum atomic E-state index is -1.91. The molecule has 14 heavy (non-hydrogen) atoms. The maximum absolute atomic E-state index is 6.11. The van der Waals surface area contributed by atoms with Crippen molar-refractivity contribution in [1.29, 1.82) is 0 Å². The van der Waals surface area contributed by atoms with Crippen molar-refractivity contribution in [3.8, 4) is 0 Å². The van der Waals surface area contributed by atoms with Crippen LogP contribution >= 0.6 is 0 Å². The number of hydrogen-bond acceptors (Lipinski definition) is 3. The van der Waals surface area contributed by atoms with Gasteiger partial charge in [0.1, 0.15) is 0 Å². The molecule has 0 radical (unpaired) electrons. The summed E-state index contributed by atoms with van der Waals surface area (Å²) in [6.07, 6.45) is 1.14. The molecule has 0 amide bonds. The van der Waals surface area contributed by atoms with Crippen LogP contribution < -0.4 is 0 Å². The van der Waals surface area contributed by atoms with Gasteiger partial charge in [-0.3, -0.25) is 0 Å². The molecule has 84 valence electrons. The molecule has 1 saturated heterocycles. The Bertz CT molecular complexity index is 202. The van der Waals surface area contributed by atoms with Gasteiger partial charge in [-0.2, -0.15) is 0 Å². The van der Waals surface area contributed by atoms with E-state index in [1.54, 1.807) is 0 Å². The summed E-state index contributed by atoms with van der Waals surface area (Å²) in [4.78, 5) is 0. The van der Waals surface area contributed by atoms with E-state index in [1.807, 2.05) is 0 Å². The molecular weight excluding hydrogens is 228 g/mol. The van der Waals surface area contributed by atoms with E-state index < -0.39 is 25.7 Å². The summed E-state index contributed by atoms with van der Waals surface area (Å²) in [7, 11) is -5.71. The van der Waals surface area contributed by atoms with Gasteiger partial charge in [0, 0.05) is 0 Å². The predicted molar refractivity (Wildman–Crippen MR) is 64.9 cm³/mol. The summed E-state index contributed by atoms with van der Waals surface area (Å²) >= 11 is 0. The van der Waals surface area contributed by atoms with E-state index in [-0.39, 0.29) is 0 Å². The fourth-order valence-electron chi connectivity index (χ4n) is 2.25. The van der Waals surface area contributed by atoms with Gasteiger partial charge in [-0.15, -0.1) is 0 Å². The van der Waals surface area contributed by atoms with Crippen LogP contribution in [0.15, 0.2) is 0 Å². The van der Waals surface area contributed by atoms with Crippen LogP contribution in [0, 0.1) is 0 Å². The lowest BCUT2D eigenvalue weighted by Crippen LogP contribution is -2.65.